The number of esters is 1. The smallest absolute Gasteiger partial charge is 0.325 e. The number of nitrogens with zero attached hydrogens (tertiary/aromatic N) is 3. The number of alkyl halides is 2. The van der Waals surface area contributed by atoms with Crippen LogP contribution in [0.5, 0.6) is 0 Å². The van der Waals surface area contributed by atoms with Gasteiger partial charge < -0.3 is 10.1 Å². The molecule has 0 aliphatic heterocycles. The zero-order valence-corrected chi connectivity index (χ0v) is 15.7. The summed E-state index contributed by atoms with van der Waals surface area (Å²) in [4.78, 5) is 38.3. The Bertz CT molecular complexity index is 1130. The summed E-state index contributed by atoms with van der Waals surface area (Å²) in [6.07, 6.45) is 0. The number of nitrogens with one attached hydrogen (secondary N) is 1. The van der Waals surface area contributed by atoms with Gasteiger partial charge in [-0.25, -0.2) is 4.98 Å². The lowest BCUT2D eigenvalue weighted by Gasteiger charge is -2.09. The lowest BCUT2D eigenvalue weighted by atomic mass is 10.1. The van der Waals surface area contributed by atoms with Crippen molar-refractivity contribution >= 4 is 28.6 Å². The molecule has 0 radical (unpaired) electrons. The first-order valence-corrected chi connectivity index (χ1v) is 8.70. The molecule has 156 valence electrons. The molecule has 3 rings (SSSR count). The third-order valence-electron chi connectivity index (χ3n) is 4.28. The van der Waals surface area contributed by atoms with Gasteiger partial charge in [-0.3, -0.25) is 24.3 Å². The van der Waals surface area contributed by atoms with Crippen LogP contribution >= 0.6 is 0 Å². The van der Waals surface area contributed by atoms with Crippen LogP contribution in [0.25, 0.3) is 11.0 Å². The minimum absolute atomic E-state index is 0.128. The number of aryl methyl sites for hydroxylation is 1. The molecule has 1 N–H and O–H groups in total. The number of nitro benzene ring substituents is 1. The second kappa shape index (κ2) is 8.64. The number of rotatable bonds is 7. The van der Waals surface area contributed by atoms with Crippen molar-refractivity contribution in [1.82, 2.24) is 14.9 Å². The summed E-state index contributed by atoms with van der Waals surface area (Å²) in [5.74, 6) is -1.61. The average molecular weight is 418 g/mol. The van der Waals surface area contributed by atoms with Crippen LogP contribution in [0.3, 0.4) is 0 Å². The molecule has 0 unspecified atom stereocenters. The fourth-order valence-electron chi connectivity index (χ4n) is 2.87. The number of benzene rings is 2. The molecule has 0 saturated carbocycles. The van der Waals surface area contributed by atoms with E-state index in [9.17, 15) is 28.5 Å². The van der Waals surface area contributed by atoms with E-state index in [-0.39, 0.29) is 22.6 Å². The maximum atomic E-state index is 13.4. The Morgan fingerprint density at radius 1 is 1.27 bits per heavy atom. The largest absolute Gasteiger partial charge is 0.456 e. The number of amides is 1. The lowest BCUT2D eigenvalue weighted by Crippen LogP contribution is -2.30. The Hall–Kier alpha value is -3.89. The summed E-state index contributed by atoms with van der Waals surface area (Å²) in [7, 11) is 0. The second-order valence-electron chi connectivity index (χ2n) is 6.27. The summed E-state index contributed by atoms with van der Waals surface area (Å²) in [5, 5.41) is 13.1. The van der Waals surface area contributed by atoms with E-state index in [0.29, 0.717) is 15.6 Å². The van der Waals surface area contributed by atoms with Crippen LogP contribution in [0.1, 0.15) is 28.3 Å². The Kier molecular flexibility index (Phi) is 6.00. The number of carbonyl (C=O) groups is 2. The van der Waals surface area contributed by atoms with Gasteiger partial charge in [0.05, 0.1) is 16.0 Å². The second-order valence-corrected chi connectivity index (χ2v) is 6.27. The van der Waals surface area contributed by atoms with Crippen molar-refractivity contribution in [3.63, 3.8) is 0 Å². The molecule has 0 saturated heterocycles. The molecule has 0 aliphatic rings. The fraction of sp³-hybridized carbons (Fsp3) is 0.211. The molecule has 2 aromatic carbocycles. The van der Waals surface area contributed by atoms with E-state index in [4.69, 9.17) is 4.74 Å². The van der Waals surface area contributed by atoms with Crippen molar-refractivity contribution in [1.29, 1.82) is 0 Å². The van der Waals surface area contributed by atoms with E-state index in [1.54, 1.807) is 18.2 Å². The Labute approximate surface area is 168 Å². The molecular weight excluding hydrogens is 402 g/mol. The molecular formula is C19H16F2N4O5. The molecule has 9 nitrogen and oxygen atoms in total. The van der Waals surface area contributed by atoms with Gasteiger partial charge in [0.25, 0.3) is 11.6 Å². The van der Waals surface area contributed by atoms with Gasteiger partial charge in [-0.2, -0.15) is 8.78 Å². The van der Waals surface area contributed by atoms with Crippen LogP contribution in [-0.4, -0.2) is 32.9 Å². The van der Waals surface area contributed by atoms with Crippen LogP contribution in [0.2, 0.25) is 0 Å². The predicted octanol–water partition coefficient (Wildman–Crippen LogP) is 3.12. The van der Waals surface area contributed by atoms with E-state index >= 15 is 0 Å². The molecule has 0 bridgehead atoms. The van der Waals surface area contributed by atoms with Gasteiger partial charge in [0.2, 0.25) is 0 Å². The van der Waals surface area contributed by atoms with Crippen molar-refractivity contribution in [2.24, 2.45) is 0 Å². The molecule has 0 aliphatic carbocycles. The van der Waals surface area contributed by atoms with Gasteiger partial charge in [0.15, 0.2) is 5.82 Å². The van der Waals surface area contributed by atoms with E-state index in [2.05, 4.69) is 10.3 Å². The first-order chi connectivity index (χ1) is 14.3. The number of para-hydroxylation sites is 2. The first kappa shape index (κ1) is 20.8. The zero-order chi connectivity index (χ0) is 21.8. The minimum atomic E-state index is -2.86. The standard InChI is InChI=1S/C19H16F2N4O5/c1-11-8-12(6-7-14(11)25(28)29)18(27)22-9-17(26)30-10-16-23-13-4-2-3-5-15(13)24(16)19(20)21/h2-8,19H,9-10H2,1H3,(H,22,27). The number of hydrogen-bond donors (Lipinski definition) is 1. The topological polar surface area (TPSA) is 116 Å². The summed E-state index contributed by atoms with van der Waals surface area (Å²) in [6, 6.07) is 10.1. The van der Waals surface area contributed by atoms with E-state index in [1.165, 1.54) is 31.2 Å². The number of carbonyl (C=O) groups excluding carboxylic acids is 2. The molecule has 0 fully saturated rings. The van der Waals surface area contributed by atoms with Crippen LogP contribution in [-0.2, 0) is 16.1 Å². The van der Waals surface area contributed by atoms with Crippen molar-refractivity contribution in [2.45, 2.75) is 20.1 Å². The van der Waals surface area contributed by atoms with E-state index < -0.39 is 36.5 Å². The highest BCUT2D eigenvalue weighted by Crippen LogP contribution is 2.23. The summed E-state index contributed by atoms with van der Waals surface area (Å²) < 4.78 is 32.3. The van der Waals surface area contributed by atoms with Gasteiger partial charge in [0, 0.05) is 17.2 Å². The third kappa shape index (κ3) is 4.40. The number of ether oxygens (including phenoxy) is 1. The Morgan fingerprint density at radius 3 is 2.67 bits per heavy atom. The maximum absolute atomic E-state index is 13.4. The third-order valence-corrected chi connectivity index (χ3v) is 4.28. The quantitative estimate of drug-likeness (QED) is 0.358. The molecule has 30 heavy (non-hydrogen) atoms. The molecule has 1 aromatic heterocycles. The zero-order valence-electron chi connectivity index (χ0n) is 15.7. The number of nitro groups is 1. The summed E-state index contributed by atoms with van der Waals surface area (Å²) in [5.41, 5.74) is 0.838. The number of hydrogen-bond acceptors (Lipinski definition) is 6. The Morgan fingerprint density at radius 2 is 2.00 bits per heavy atom. The minimum Gasteiger partial charge on any atom is -0.456 e. The van der Waals surface area contributed by atoms with Gasteiger partial charge in [-0.1, -0.05) is 12.1 Å². The normalized spacial score (nSPS) is 10.9. The molecule has 0 spiro atoms. The highest BCUT2D eigenvalue weighted by Gasteiger charge is 2.19. The number of halogens is 2. The van der Waals surface area contributed by atoms with Gasteiger partial charge >= 0.3 is 12.5 Å². The summed E-state index contributed by atoms with van der Waals surface area (Å²) >= 11 is 0. The van der Waals surface area contributed by atoms with Gasteiger partial charge in [-0.05, 0) is 31.2 Å². The van der Waals surface area contributed by atoms with Crippen molar-refractivity contribution < 1.29 is 28.0 Å². The van der Waals surface area contributed by atoms with Crippen LogP contribution < -0.4 is 5.32 Å². The van der Waals surface area contributed by atoms with Crippen molar-refractivity contribution in [2.75, 3.05) is 6.54 Å². The maximum Gasteiger partial charge on any atom is 0.325 e. The van der Waals surface area contributed by atoms with Crippen LogP contribution in [0, 0.1) is 17.0 Å². The highest BCUT2D eigenvalue weighted by molar-refractivity contribution is 5.96. The summed E-state index contributed by atoms with van der Waals surface area (Å²) in [6.45, 7) is -2.39. The van der Waals surface area contributed by atoms with Crippen LogP contribution in [0.15, 0.2) is 42.5 Å². The van der Waals surface area contributed by atoms with Crippen molar-refractivity contribution in [3.05, 3.63) is 69.5 Å². The van der Waals surface area contributed by atoms with Gasteiger partial charge in [-0.15, -0.1) is 0 Å². The van der Waals surface area contributed by atoms with Crippen molar-refractivity contribution in [3.8, 4) is 0 Å². The molecule has 0 atom stereocenters. The highest BCUT2D eigenvalue weighted by atomic mass is 19.3. The lowest BCUT2D eigenvalue weighted by molar-refractivity contribution is -0.385. The first-order valence-electron chi connectivity index (χ1n) is 8.70. The van der Waals surface area contributed by atoms with Crippen LogP contribution in [0.4, 0.5) is 14.5 Å². The Balaban J connectivity index is 1.60. The molecule has 11 heteroatoms. The molecule has 3 aromatic rings. The van der Waals surface area contributed by atoms with E-state index in [0.717, 1.165) is 0 Å². The average Bonchev–Trinajstić information content (AvgIpc) is 3.08. The molecule has 1 amide bonds. The number of fused-ring (bicyclic) bond motifs is 1. The number of aromatic nitrogens is 2. The fourth-order valence-corrected chi connectivity index (χ4v) is 2.87. The monoisotopic (exact) mass is 418 g/mol. The van der Waals surface area contributed by atoms with E-state index in [1.807, 2.05) is 0 Å². The molecule has 1 heterocycles. The van der Waals surface area contributed by atoms with Gasteiger partial charge in [0.1, 0.15) is 13.2 Å². The number of imidazole rings is 1. The SMILES string of the molecule is Cc1cc(C(=O)NCC(=O)OCc2nc3ccccc3n2C(F)F)ccc1[N+](=O)[O-]. The predicted molar refractivity (Wildman–Crippen MR) is 101 cm³/mol.